The van der Waals surface area contributed by atoms with Crippen molar-refractivity contribution in [2.24, 2.45) is 0 Å². The minimum atomic E-state index is 0.129. The minimum absolute atomic E-state index is 0.129. The molecule has 1 saturated heterocycles. The van der Waals surface area contributed by atoms with E-state index in [1.807, 2.05) is 18.2 Å². The Bertz CT molecular complexity index is 603. The highest BCUT2D eigenvalue weighted by Crippen LogP contribution is 2.27. The van der Waals surface area contributed by atoms with Gasteiger partial charge < -0.3 is 15.0 Å². The van der Waals surface area contributed by atoms with Crippen LogP contribution in [0.1, 0.15) is 12.8 Å². The van der Waals surface area contributed by atoms with Gasteiger partial charge in [-0.1, -0.05) is 12.1 Å². The van der Waals surface area contributed by atoms with Gasteiger partial charge in [-0.05, 0) is 39.1 Å². The molecule has 3 rings (SSSR count). The molecule has 2 heterocycles. The average molecular weight is 286 g/mol. The van der Waals surface area contributed by atoms with Gasteiger partial charge in [0.25, 0.3) is 0 Å². The molecule has 0 spiro atoms. The molecule has 0 bridgehead atoms. The second-order valence-corrected chi connectivity index (χ2v) is 5.82. The van der Waals surface area contributed by atoms with Crippen molar-refractivity contribution in [1.29, 1.82) is 0 Å². The molecule has 0 aliphatic carbocycles. The van der Waals surface area contributed by atoms with E-state index in [1.54, 1.807) is 6.33 Å². The number of aromatic nitrogens is 2. The summed E-state index contributed by atoms with van der Waals surface area (Å²) in [5.41, 5.74) is 1.10. The van der Waals surface area contributed by atoms with E-state index in [-0.39, 0.29) is 5.54 Å². The Morgan fingerprint density at radius 1 is 1.19 bits per heavy atom. The molecule has 0 atom stereocenters. The monoisotopic (exact) mass is 286 g/mol. The molecular formula is C16H22N4O. The Labute approximate surface area is 125 Å². The third-order valence-electron chi connectivity index (χ3n) is 4.50. The molecule has 1 aliphatic heterocycles. The van der Waals surface area contributed by atoms with Crippen molar-refractivity contribution < 1.29 is 4.74 Å². The molecule has 112 valence electrons. The van der Waals surface area contributed by atoms with Gasteiger partial charge in [0.05, 0.1) is 5.52 Å². The normalized spacial score (nSPS) is 18.0. The summed E-state index contributed by atoms with van der Waals surface area (Å²) in [6, 6.07) is 8.09. The van der Waals surface area contributed by atoms with Crippen LogP contribution in [0.4, 0.5) is 5.82 Å². The lowest BCUT2D eigenvalue weighted by Crippen LogP contribution is -2.53. The van der Waals surface area contributed by atoms with E-state index < -0.39 is 0 Å². The van der Waals surface area contributed by atoms with Crippen molar-refractivity contribution >= 4 is 16.7 Å². The zero-order valence-electron chi connectivity index (χ0n) is 12.7. The van der Waals surface area contributed by atoms with Gasteiger partial charge in [0, 0.05) is 30.7 Å². The molecule has 0 amide bonds. The van der Waals surface area contributed by atoms with Crippen LogP contribution in [0, 0.1) is 0 Å². The topological polar surface area (TPSA) is 50.3 Å². The highest BCUT2D eigenvalue weighted by atomic mass is 16.5. The predicted molar refractivity (Wildman–Crippen MR) is 84.5 cm³/mol. The van der Waals surface area contributed by atoms with E-state index >= 15 is 0 Å². The first-order valence-electron chi connectivity index (χ1n) is 7.40. The summed E-state index contributed by atoms with van der Waals surface area (Å²) >= 11 is 0. The van der Waals surface area contributed by atoms with Gasteiger partial charge in [0.1, 0.15) is 12.1 Å². The highest BCUT2D eigenvalue weighted by Gasteiger charge is 2.34. The van der Waals surface area contributed by atoms with E-state index in [1.165, 1.54) is 0 Å². The van der Waals surface area contributed by atoms with Crippen molar-refractivity contribution in [3.63, 3.8) is 0 Å². The van der Waals surface area contributed by atoms with Crippen LogP contribution in [-0.4, -0.2) is 54.3 Å². The predicted octanol–water partition coefficient (Wildman–Crippen LogP) is 2.15. The van der Waals surface area contributed by atoms with E-state index in [4.69, 9.17) is 4.74 Å². The number of nitrogens with zero attached hydrogens (tertiary/aromatic N) is 3. The number of para-hydroxylation sites is 1. The first-order chi connectivity index (χ1) is 10.2. The molecule has 0 unspecified atom stereocenters. The first kappa shape index (κ1) is 14.2. The Morgan fingerprint density at radius 3 is 2.71 bits per heavy atom. The molecule has 1 N–H and O–H groups in total. The lowest BCUT2D eigenvalue weighted by Gasteiger charge is -2.43. The Balaban J connectivity index is 1.82. The van der Waals surface area contributed by atoms with Crippen molar-refractivity contribution in [3.05, 3.63) is 30.6 Å². The lowest BCUT2D eigenvalue weighted by atomic mass is 9.88. The second kappa shape index (κ2) is 5.95. The number of rotatable bonds is 4. The van der Waals surface area contributed by atoms with Gasteiger partial charge >= 0.3 is 0 Å². The van der Waals surface area contributed by atoms with Crippen LogP contribution in [0.15, 0.2) is 30.6 Å². The summed E-state index contributed by atoms with van der Waals surface area (Å²) in [5, 5.41) is 4.60. The molecule has 0 radical (unpaired) electrons. The van der Waals surface area contributed by atoms with Crippen LogP contribution >= 0.6 is 0 Å². The van der Waals surface area contributed by atoms with E-state index in [2.05, 4.69) is 40.3 Å². The number of hydrogen-bond donors (Lipinski definition) is 1. The van der Waals surface area contributed by atoms with Gasteiger partial charge in [-0.15, -0.1) is 0 Å². The maximum Gasteiger partial charge on any atom is 0.137 e. The molecule has 1 aliphatic rings. The summed E-state index contributed by atoms with van der Waals surface area (Å²) in [4.78, 5) is 11.0. The maximum atomic E-state index is 5.52. The zero-order chi connectivity index (χ0) is 14.7. The Hall–Kier alpha value is -1.72. The molecule has 1 aromatic heterocycles. The van der Waals surface area contributed by atoms with Gasteiger partial charge in [-0.25, -0.2) is 9.97 Å². The smallest absolute Gasteiger partial charge is 0.137 e. The summed E-state index contributed by atoms with van der Waals surface area (Å²) in [5.74, 6) is 0.910. The minimum Gasteiger partial charge on any atom is -0.381 e. The third-order valence-corrected chi connectivity index (χ3v) is 4.50. The number of anilines is 1. The average Bonchev–Trinajstić information content (AvgIpc) is 2.53. The molecule has 21 heavy (non-hydrogen) atoms. The summed E-state index contributed by atoms with van der Waals surface area (Å²) < 4.78 is 5.52. The number of likely N-dealkylation sites (N-methyl/N-ethyl adjacent to an activating group) is 1. The molecule has 1 fully saturated rings. The molecule has 5 heteroatoms. The Kier molecular flexibility index (Phi) is 4.03. The fraction of sp³-hybridized carbons (Fsp3) is 0.500. The fourth-order valence-corrected chi connectivity index (χ4v) is 2.93. The van der Waals surface area contributed by atoms with Gasteiger partial charge in [-0.2, -0.15) is 0 Å². The fourth-order valence-electron chi connectivity index (χ4n) is 2.93. The van der Waals surface area contributed by atoms with Crippen LogP contribution in [0.3, 0.4) is 0 Å². The molecule has 5 nitrogen and oxygen atoms in total. The Morgan fingerprint density at radius 2 is 1.95 bits per heavy atom. The number of ether oxygens (including phenoxy) is 1. The summed E-state index contributed by atoms with van der Waals surface area (Å²) in [7, 11) is 4.29. The van der Waals surface area contributed by atoms with E-state index in [0.29, 0.717) is 0 Å². The van der Waals surface area contributed by atoms with Crippen molar-refractivity contribution in [1.82, 2.24) is 14.9 Å². The number of hydrogen-bond acceptors (Lipinski definition) is 5. The number of benzene rings is 1. The zero-order valence-corrected chi connectivity index (χ0v) is 12.7. The molecule has 2 aromatic rings. The standard InChI is InChI=1S/C16H22N4O/c1-20(2)16(7-9-21-10-8-16)11-17-15-13-5-3-4-6-14(13)18-12-19-15/h3-6,12H,7-11H2,1-2H3,(H,17,18,19). The maximum absolute atomic E-state index is 5.52. The lowest BCUT2D eigenvalue weighted by molar-refractivity contribution is -0.000651. The van der Waals surface area contributed by atoms with Crippen LogP contribution in [-0.2, 0) is 4.74 Å². The molecule has 1 aromatic carbocycles. The van der Waals surface area contributed by atoms with Gasteiger partial charge in [0.2, 0.25) is 0 Å². The largest absolute Gasteiger partial charge is 0.381 e. The van der Waals surface area contributed by atoms with Gasteiger partial charge in [-0.3, -0.25) is 0 Å². The van der Waals surface area contributed by atoms with Crippen LogP contribution in [0.2, 0.25) is 0 Å². The number of nitrogens with one attached hydrogen (secondary N) is 1. The van der Waals surface area contributed by atoms with Gasteiger partial charge in [0.15, 0.2) is 0 Å². The SMILES string of the molecule is CN(C)C1(CNc2ncnc3ccccc23)CCOCC1. The summed E-state index contributed by atoms with van der Waals surface area (Å²) in [6.07, 6.45) is 3.70. The van der Waals surface area contributed by atoms with E-state index in [9.17, 15) is 0 Å². The second-order valence-electron chi connectivity index (χ2n) is 5.82. The van der Waals surface area contributed by atoms with Crippen LogP contribution in [0.25, 0.3) is 10.9 Å². The van der Waals surface area contributed by atoms with Crippen molar-refractivity contribution in [3.8, 4) is 0 Å². The number of fused-ring (bicyclic) bond motifs is 1. The third kappa shape index (κ3) is 2.84. The van der Waals surface area contributed by atoms with Crippen molar-refractivity contribution in [2.75, 3.05) is 39.2 Å². The van der Waals surface area contributed by atoms with E-state index in [0.717, 1.165) is 49.3 Å². The molecule has 0 saturated carbocycles. The quantitative estimate of drug-likeness (QED) is 0.933. The van der Waals surface area contributed by atoms with Crippen LogP contribution < -0.4 is 5.32 Å². The molecular weight excluding hydrogens is 264 g/mol. The first-order valence-corrected chi connectivity index (χ1v) is 7.40. The van der Waals surface area contributed by atoms with Crippen LogP contribution in [0.5, 0.6) is 0 Å². The summed E-state index contributed by atoms with van der Waals surface area (Å²) in [6.45, 7) is 2.51. The highest BCUT2D eigenvalue weighted by molar-refractivity contribution is 5.88. The van der Waals surface area contributed by atoms with Crippen molar-refractivity contribution in [2.45, 2.75) is 18.4 Å².